The van der Waals surface area contributed by atoms with E-state index in [1.807, 2.05) is 48.5 Å². The van der Waals surface area contributed by atoms with Gasteiger partial charge in [0.15, 0.2) is 0 Å². The maximum Gasteiger partial charge on any atom is 0.239 e. The predicted molar refractivity (Wildman–Crippen MR) is 107 cm³/mol. The molecule has 0 fully saturated rings. The first-order valence-corrected chi connectivity index (χ1v) is 8.88. The normalized spacial score (nSPS) is 10.3. The van der Waals surface area contributed by atoms with Gasteiger partial charge in [0.05, 0.1) is 6.54 Å². The summed E-state index contributed by atoms with van der Waals surface area (Å²) in [6, 6.07) is 26.7. The van der Waals surface area contributed by atoms with Gasteiger partial charge in [0.2, 0.25) is 5.91 Å². The first-order chi connectivity index (χ1) is 12.7. The molecule has 0 aromatic heterocycles. The zero-order valence-electron chi connectivity index (χ0n) is 15.0. The third-order valence-corrected chi connectivity index (χ3v) is 4.30. The maximum absolute atomic E-state index is 12.2. The number of benzene rings is 3. The van der Waals surface area contributed by atoms with Crippen molar-refractivity contribution in [2.45, 2.75) is 19.9 Å². The van der Waals surface area contributed by atoms with Crippen LogP contribution in [0.2, 0.25) is 0 Å². The molecule has 0 unspecified atom stereocenters. The summed E-state index contributed by atoms with van der Waals surface area (Å²) in [5, 5.41) is 6.22. The van der Waals surface area contributed by atoms with E-state index >= 15 is 0 Å². The standard InChI is InChI=1S/C23H24N2O/c1-18-11-13-20(14-12-18)16-25-23(26)17-24-22-10-6-5-9-21(22)15-19-7-3-2-4-8-19/h2-14,24H,15-17H2,1H3,(H,25,26). The van der Waals surface area contributed by atoms with Crippen molar-refractivity contribution in [3.05, 3.63) is 101 Å². The van der Waals surface area contributed by atoms with E-state index in [4.69, 9.17) is 0 Å². The van der Waals surface area contributed by atoms with E-state index in [0.29, 0.717) is 6.54 Å². The summed E-state index contributed by atoms with van der Waals surface area (Å²) in [6.45, 7) is 2.86. The zero-order valence-corrected chi connectivity index (χ0v) is 15.0. The smallest absolute Gasteiger partial charge is 0.239 e. The second-order valence-corrected chi connectivity index (χ2v) is 6.44. The minimum absolute atomic E-state index is 0.0138. The molecule has 0 spiro atoms. The molecule has 3 heteroatoms. The van der Waals surface area contributed by atoms with Crippen molar-refractivity contribution >= 4 is 11.6 Å². The third-order valence-electron chi connectivity index (χ3n) is 4.30. The second-order valence-electron chi connectivity index (χ2n) is 6.44. The molecule has 2 N–H and O–H groups in total. The van der Waals surface area contributed by atoms with Crippen LogP contribution >= 0.6 is 0 Å². The van der Waals surface area contributed by atoms with Crippen molar-refractivity contribution in [2.75, 3.05) is 11.9 Å². The number of carbonyl (C=O) groups is 1. The second kappa shape index (κ2) is 8.86. The molecule has 1 amide bonds. The number of hydrogen-bond acceptors (Lipinski definition) is 2. The fourth-order valence-electron chi connectivity index (χ4n) is 2.81. The summed E-state index contributed by atoms with van der Waals surface area (Å²) in [5.74, 6) is -0.0138. The maximum atomic E-state index is 12.2. The summed E-state index contributed by atoms with van der Waals surface area (Å²) in [7, 11) is 0. The minimum atomic E-state index is -0.0138. The van der Waals surface area contributed by atoms with E-state index in [1.165, 1.54) is 16.7 Å². The van der Waals surface area contributed by atoms with E-state index < -0.39 is 0 Å². The highest BCUT2D eigenvalue weighted by Gasteiger charge is 2.06. The number of hydrogen-bond donors (Lipinski definition) is 2. The van der Waals surface area contributed by atoms with Crippen LogP contribution in [0.25, 0.3) is 0 Å². The van der Waals surface area contributed by atoms with Gasteiger partial charge in [-0.1, -0.05) is 78.4 Å². The molecule has 3 aromatic carbocycles. The molecule has 0 radical (unpaired) electrons. The minimum Gasteiger partial charge on any atom is -0.376 e. The molecule has 3 rings (SSSR count). The fraction of sp³-hybridized carbons (Fsp3) is 0.174. The molecule has 3 aromatic rings. The van der Waals surface area contributed by atoms with E-state index in [2.05, 4.69) is 47.9 Å². The molecular formula is C23H24N2O. The third kappa shape index (κ3) is 5.21. The van der Waals surface area contributed by atoms with Gasteiger partial charge < -0.3 is 10.6 Å². The number of anilines is 1. The Hall–Kier alpha value is -3.07. The van der Waals surface area contributed by atoms with Crippen molar-refractivity contribution in [3.8, 4) is 0 Å². The molecule has 0 aliphatic rings. The average molecular weight is 344 g/mol. The zero-order chi connectivity index (χ0) is 18.2. The van der Waals surface area contributed by atoms with E-state index in [0.717, 1.165) is 17.7 Å². The largest absolute Gasteiger partial charge is 0.376 e. The molecule has 0 atom stereocenters. The number of carbonyl (C=O) groups excluding carboxylic acids is 1. The van der Waals surface area contributed by atoms with E-state index in [1.54, 1.807) is 0 Å². The highest BCUT2D eigenvalue weighted by Crippen LogP contribution is 2.18. The predicted octanol–water partition coefficient (Wildman–Crippen LogP) is 4.31. The van der Waals surface area contributed by atoms with Gasteiger partial charge in [-0.2, -0.15) is 0 Å². The SMILES string of the molecule is Cc1ccc(CNC(=O)CNc2ccccc2Cc2ccccc2)cc1. The Morgan fingerprint density at radius 1 is 0.808 bits per heavy atom. The van der Waals surface area contributed by atoms with E-state index in [9.17, 15) is 4.79 Å². The fourth-order valence-corrected chi connectivity index (χ4v) is 2.81. The van der Waals surface area contributed by atoms with Crippen molar-refractivity contribution in [1.82, 2.24) is 5.32 Å². The summed E-state index contributed by atoms with van der Waals surface area (Å²) in [5.41, 5.74) is 5.77. The van der Waals surface area contributed by atoms with Crippen LogP contribution < -0.4 is 10.6 Å². The quantitative estimate of drug-likeness (QED) is 0.670. The van der Waals surface area contributed by atoms with Crippen LogP contribution in [-0.2, 0) is 17.8 Å². The monoisotopic (exact) mass is 344 g/mol. The van der Waals surface area contributed by atoms with Gasteiger partial charge in [0.1, 0.15) is 0 Å². The van der Waals surface area contributed by atoms with Gasteiger partial charge in [-0.15, -0.1) is 0 Å². The van der Waals surface area contributed by atoms with Crippen LogP contribution in [0.4, 0.5) is 5.69 Å². The Kier molecular flexibility index (Phi) is 6.05. The van der Waals surface area contributed by atoms with Gasteiger partial charge in [0.25, 0.3) is 0 Å². The Bertz CT molecular complexity index is 842. The molecule has 0 saturated heterocycles. The summed E-state index contributed by atoms with van der Waals surface area (Å²) >= 11 is 0. The molecule has 26 heavy (non-hydrogen) atoms. The number of amides is 1. The lowest BCUT2D eigenvalue weighted by Gasteiger charge is -2.12. The molecule has 3 nitrogen and oxygen atoms in total. The van der Waals surface area contributed by atoms with Crippen LogP contribution in [0, 0.1) is 6.92 Å². The van der Waals surface area contributed by atoms with Crippen molar-refractivity contribution in [3.63, 3.8) is 0 Å². The lowest BCUT2D eigenvalue weighted by Crippen LogP contribution is -2.29. The number of aryl methyl sites for hydroxylation is 1. The molecule has 0 bridgehead atoms. The Morgan fingerprint density at radius 3 is 2.27 bits per heavy atom. The Labute approximate surface area is 155 Å². The van der Waals surface area contributed by atoms with Crippen LogP contribution in [0.3, 0.4) is 0 Å². The first kappa shape index (κ1) is 17.7. The van der Waals surface area contributed by atoms with Gasteiger partial charge in [-0.25, -0.2) is 0 Å². The van der Waals surface area contributed by atoms with E-state index in [-0.39, 0.29) is 12.5 Å². The van der Waals surface area contributed by atoms with Crippen molar-refractivity contribution < 1.29 is 4.79 Å². The number of para-hydroxylation sites is 1. The molecular weight excluding hydrogens is 320 g/mol. The molecule has 0 aliphatic heterocycles. The molecule has 0 heterocycles. The van der Waals surface area contributed by atoms with Gasteiger partial charge in [-0.05, 0) is 36.1 Å². The first-order valence-electron chi connectivity index (χ1n) is 8.88. The summed E-state index contributed by atoms with van der Waals surface area (Å²) < 4.78 is 0. The number of nitrogens with one attached hydrogen (secondary N) is 2. The topological polar surface area (TPSA) is 41.1 Å². The molecule has 0 aliphatic carbocycles. The molecule has 0 saturated carbocycles. The summed E-state index contributed by atoms with van der Waals surface area (Å²) in [6.07, 6.45) is 0.842. The van der Waals surface area contributed by atoms with Crippen LogP contribution in [0.1, 0.15) is 22.3 Å². The van der Waals surface area contributed by atoms with Gasteiger partial charge in [-0.3, -0.25) is 4.79 Å². The van der Waals surface area contributed by atoms with Gasteiger partial charge >= 0.3 is 0 Å². The lowest BCUT2D eigenvalue weighted by atomic mass is 10.0. The highest BCUT2D eigenvalue weighted by molar-refractivity contribution is 5.81. The van der Waals surface area contributed by atoms with Gasteiger partial charge in [0, 0.05) is 12.2 Å². The average Bonchev–Trinajstić information content (AvgIpc) is 2.68. The highest BCUT2D eigenvalue weighted by atomic mass is 16.1. The molecule has 132 valence electrons. The Morgan fingerprint density at radius 2 is 1.50 bits per heavy atom. The van der Waals surface area contributed by atoms with Crippen LogP contribution in [0.15, 0.2) is 78.9 Å². The van der Waals surface area contributed by atoms with Crippen molar-refractivity contribution in [2.24, 2.45) is 0 Å². The Balaban J connectivity index is 1.54. The van der Waals surface area contributed by atoms with Crippen LogP contribution in [0.5, 0.6) is 0 Å². The lowest BCUT2D eigenvalue weighted by molar-refractivity contribution is -0.119. The number of rotatable bonds is 7. The van der Waals surface area contributed by atoms with Crippen molar-refractivity contribution in [1.29, 1.82) is 0 Å². The van der Waals surface area contributed by atoms with Crippen LogP contribution in [-0.4, -0.2) is 12.5 Å². The summed E-state index contributed by atoms with van der Waals surface area (Å²) in [4.78, 5) is 12.2.